The molecule has 0 saturated carbocycles. The maximum Gasteiger partial charge on any atom is 0.270 e. The number of primary amides is 1. The molecule has 2 aromatic carbocycles. The summed E-state index contributed by atoms with van der Waals surface area (Å²) < 4.78 is 0. The molecule has 3 heterocycles. The molecule has 8 nitrogen and oxygen atoms in total. The first-order chi connectivity index (χ1) is 16.6. The summed E-state index contributed by atoms with van der Waals surface area (Å²) in [6.07, 6.45) is 3.41. The maximum atomic E-state index is 12.0. The molecule has 0 atom stereocenters. The summed E-state index contributed by atoms with van der Waals surface area (Å²) >= 11 is 0. The van der Waals surface area contributed by atoms with Crippen LogP contribution in [0.25, 0.3) is 15.7 Å². The van der Waals surface area contributed by atoms with Gasteiger partial charge in [0.05, 0.1) is 11.3 Å². The quantitative estimate of drug-likeness (QED) is 0.299. The third kappa shape index (κ3) is 4.42. The van der Waals surface area contributed by atoms with Crippen LogP contribution in [0, 0.1) is 6.57 Å². The Bertz CT molecular complexity index is 1360. The van der Waals surface area contributed by atoms with Gasteiger partial charge in [-0.25, -0.2) is 16.5 Å². The average Bonchev–Trinajstić information content (AvgIpc) is 3.30. The number of nitrogens with zero attached hydrogens (tertiary/aromatic N) is 3. The zero-order valence-electron chi connectivity index (χ0n) is 18.6. The summed E-state index contributed by atoms with van der Waals surface area (Å²) in [5, 5.41) is 7.79. The Morgan fingerprint density at radius 3 is 2.79 bits per heavy atom. The molecule has 170 valence electrons. The molecule has 0 radical (unpaired) electrons. The van der Waals surface area contributed by atoms with Crippen molar-refractivity contribution in [1.82, 2.24) is 14.9 Å². The number of nitrogens with two attached hydrogens (primary N) is 1. The summed E-state index contributed by atoms with van der Waals surface area (Å²) in [6, 6.07) is 18.2. The largest absolute Gasteiger partial charge is 0.380 e. The number of H-pyrrole nitrogens is 1. The lowest BCUT2D eigenvalue weighted by Gasteiger charge is -2.35. The minimum atomic E-state index is -0.529. The molecule has 2 aromatic heterocycles. The molecule has 0 aliphatic carbocycles. The second-order valence-electron chi connectivity index (χ2n) is 8.47. The molecule has 5 rings (SSSR count). The van der Waals surface area contributed by atoms with E-state index in [9.17, 15) is 4.79 Å². The van der Waals surface area contributed by atoms with Crippen LogP contribution in [0.3, 0.4) is 0 Å². The first kappa shape index (κ1) is 21.5. The number of benzene rings is 2. The van der Waals surface area contributed by atoms with Crippen molar-refractivity contribution < 1.29 is 4.79 Å². The van der Waals surface area contributed by atoms with E-state index in [0.29, 0.717) is 36.2 Å². The number of carbonyl (C=O) groups is 1. The lowest BCUT2D eigenvalue weighted by molar-refractivity contribution is 0.100. The van der Waals surface area contributed by atoms with Gasteiger partial charge in [0.15, 0.2) is 0 Å². The second-order valence-corrected chi connectivity index (χ2v) is 8.47. The van der Waals surface area contributed by atoms with Gasteiger partial charge in [0.25, 0.3) is 12.6 Å². The third-order valence-corrected chi connectivity index (χ3v) is 6.21. The number of hydrogen-bond donors (Lipinski definition) is 4. The number of anilines is 3. The van der Waals surface area contributed by atoms with Gasteiger partial charge >= 0.3 is 0 Å². The van der Waals surface area contributed by atoms with Crippen molar-refractivity contribution in [3.8, 4) is 0 Å². The number of aromatic nitrogens is 2. The number of fused-ring (bicyclic) bond motifs is 1. The summed E-state index contributed by atoms with van der Waals surface area (Å²) in [4.78, 5) is 25.1. The van der Waals surface area contributed by atoms with Crippen LogP contribution in [0.2, 0.25) is 0 Å². The normalized spacial score (nSPS) is 13.9. The molecular weight excluding hydrogens is 426 g/mol. The van der Waals surface area contributed by atoms with Crippen molar-refractivity contribution >= 4 is 34.0 Å². The zero-order valence-corrected chi connectivity index (χ0v) is 18.6. The molecule has 0 bridgehead atoms. The lowest BCUT2D eigenvalue weighted by Crippen LogP contribution is -2.44. The number of nitrogens with one attached hydrogen (secondary N) is 3. The number of carbonyl (C=O) groups excluding carboxylic acids is 1. The van der Waals surface area contributed by atoms with E-state index in [-0.39, 0.29) is 0 Å². The molecule has 4 aromatic rings. The topological polar surface area (TPSA) is 103 Å². The molecule has 0 spiro atoms. The van der Waals surface area contributed by atoms with Crippen LogP contribution in [-0.2, 0) is 6.54 Å². The lowest BCUT2D eigenvalue weighted by atomic mass is 9.92. The van der Waals surface area contributed by atoms with E-state index >= 15 is 0 Å². The van der Waals surface area contributed by atoms with Crippen LogP contribution in [0.15, 0.2) is 67.0 Å². The zero-order chi connectivity index (χ0) is 23.5. The average molecular weight is 452 g/mol. The number of rotatable bonds is 8. The fourth-order valence-electron chi connectivity index (χ4n) is 4.34. The van der Waals surface area contributed by atoms with Gasteiger partial charge in [0, 0.05) is 60.6 Å². The van der Waals surface area contributed by atoms with Gasteiger partial charge in [-0.05, 0) is 35.4 Å². The van der Waals surface area contributed by atoms with E-state index in [1.807, 2.05) is 36.5 Å². The van der Waals surface area contributed by atoms with Gasteiger partial charge < -0.3 is 21.4 Å². The van der Waals surface area contributed by atoms with Crippen molar-refractivity contribution in [2.75, 3.05) is 30.4 Å². The predicted octanol–water partition coefficient (Wildman–Crippen LogP) is 4.29. The van der Waals surface area contributed by atoms with E-state index in [0.717, 1.165) is 35.2 Å². The Balaban J connectivity index is 1.29. The number of pyridine rings is 1. The standard InChI is InChI=1S/C26H25N7O/c1-28-16-33-14-19(15-33)17-5-7-20(8-6-17)32-25-11-24(22(13-31-25)26(27)34)30-12-18-3-2-4-23-21(18)9-10-29-23/h2-11,13,19,29H,12,14-16H2,(H2,27,34)(H2,30,31,32). The summed E-state index contributed by atoms with van der Waals surface area (Å²) in [6.45, 7) is 9.83. The van der Waals surface area contributed by atoms with Gasteiger partial charge in [-0.3, -0.25) is 9.64 Å². The maximum absolute atomic E-state index is 12.0. The van der Waals surface area contributed by atoms with Crippen LogP contribution in [-0.4, -0.2) is 40.5 Å². The van der Waals surface area contributed by atoms with Gasteiger partial charge in [0.1, 0.15) is 5.82 Å². The molecule has 1 aliphatic rings. The Morgan fingerprint density at radius 2 is 2.03 bits per heavy atom. The fraction of sp³-hybridized carbons (Fsp3) is 0.192. The molecule has 1 amide bonds. The number of likely N-dealkylation sites (tertiary alicyclic amines) is 1. The predicted molar refractivity (Wildman–Crippen MR) is 134 cm³/mol. The summed E-state index contributed by atoms with van der Waals surface area (Å²) in [7, 11) is 0. The molecular formula is C26H25N7O. The van der Waals surface area contributed by atoms with E-state index in [4.69, 9.17) is 12.3 Å². The fourth-order valence-corrected chi connectivity index (χ4v) is 4.34. The minimum Gasteiger partial charge on any atom is -0.380 e. The second kappa shape index (κ2) is 9.25. The van der Waals surface area contributed by atoms with Gasteiger partial charge in [0.2, 0.25) is 0 Å². The van der Waals surface area contributed by atoms with Gasteiger partial charge in [-0.15, -0.1) is 0 Å². The van der Waals surface area contributed by atoms with Crippen LogP contribution in [0.4, 0.5) is 17.2 Å². The highest BCUT2D eigenvalue weighted by Gasteiger charge is 2.29. The molecule has 1 saturated heterocycles. The van der Waals surface area contributed by atoms with Crippen molar-refractivity contribution in [2.24, 2.45) is 5.73 Å². The monoisotopic (exact) mass is 451 g/mol. The van der Waals surface area contributed by atoms with E-state index in [1.165, 1.54) is 11.8 Å². The SMILES string of the molecule is [C-]#[N+]CN1CC(c2ccc(Nc3cc(NCc4cccc5[nH]ccc45)c(C(N)=O)cn3)cc2)C1. The van der Waals surface area contributed by atoms with Crippen LogP contribution < -0.4 is 16.4 Å². The Kier molecular flexibility index (Phi) is 5.85. The Labute approximate surface area is 197 Å². The molecule has 0 unspecified atom stereocenters. The Hall–Kier alpha value is -4.35. The van der Waals surface area contributed by atoms with Crippen LogP contribution in [0.5, 0.6) is 0 Å². The molecule has 8 heteroatoms. The molecule has 5 N–H and O–H groups in total. The van der Waals surface area contributed by atoms with Crippen molar-refractivity contribution in [3.05, 3.63) is 95.1 Å². The minimum absolute atomic E-state index is 0.344. The highest BCUT2D eigenvalue weighted by atomic mass is 16.1. The van der Waals surface area contributed by atoms with Crippen LogP contribution in [0.1, 0.15) is 27.4 Å². The van der Waals surface area contributed by atoms with E-state index in [1.54, 1.807) is 6.07 Å². The third-order valence-electron chi connectivity index (χ3n) is 6.21. The summed E-state index contributed by atoms with van der Waals surface area (Å²) in [5.41, 5.74) is 10.9. The molecule has 34 heavy (non-hydrogen) atoms. The van der Waals surface area contributed by atoms with E-state index in [2.05, 4.69) is 48.5 Å². The number of hydrogen-bond acceptors (Lipinski definition) is 5. The van der Waals surface area contributed by atoms with Crippen molar-refractivity contribution in [1.29, 1.82) is 0 Å². The van der Waals surface area contributed by atoms with Crippen molar-refractivity contribution in [3.63, 3.8) is 0 Å². The van der Waals surface area contributed by atoms with Crippen molar-refractivity contribution in [2.45, 2.75) is 12.5 Å². The highest BCUT2D eigenvalue weighted by Crippen LogP contribution is 2.29. The smallest absolute Gasteiger partial charge is 0.270 e. The molecule has 1 fully saturated rings. The van der Waals surface area contributed by atoms with Gasteiger partial charge in [-0.1, -0.05) is 24.3 Å². The number of amides is 1. The van der Waals surface area contributed by atoms with E-state index < -0.39 is 5.91 Å². The van der Waals surface area contributed by atoms with Gasteiger partial charge in [-0.2, -0.15) is 0 Å². The molecule has 1 aliphatic heterocycles. The summed E-state index contributed by atoms with van der Waals surface area (Å²) in [5.74, 6) is 0.564. The Morgan fingerprint density at radius 1 is 1.21 bits per heavy atom. The highest BCUT2D eigenvalue weighted by molar-refractivity contribution is 5.98. The van der Waals surface area contributed by atoms with Crippen LogP contribution >= 0.6 is 0 Å². The first-order valence-electron chi connectivity index (χ1n) is 11.1. The number of aromatic amines is 1. The first-order valence-corrected chi connectivity index (χ1v) is 11.1.